The van der Waals surface area contributed by atoms with Gasteiger partial charge in [-0.25, -0.2) is 0 Å². The second-order valence-corrected chi connectivity index (χ2v) is 5.93. The highest BCUT2D eigenvalue weighted by molar-refractivity contribution is 5.79. The molecule has 1 aliphatic rings. The summed E-state index contributed by atoms with van der Waals surface area (Å²) >= 11 is 0. The molecule has 2 aromatic rings. The zero-order valence-corrected chi connectivity index (χ0v) is 12.9. The first-order valence-electron chi connectivity index (χ1n) is 7.94. The van der Waals surface area contributed by atoms with E-state index in [1.807, 2.05) is 19.4 Å². The van der Waals surface area contributed by atoms with E-state index in [-0.39, 0.29) is 12.1 Å². The van der Waals surface area contributed by atoms with Gasteiger partial charge in [0, 0.05) is 18.7 Å². The van der Waals surface area contributed by atoms with E-state index in [0.29, 0.717) is 5.92 Å². The van der Waals surface area contributed by atoms with Gasteiger partial charge in [0.05, 0.1) is 17.7 Å². The quantitative estimate of drug-likeness (QED) is 0.842. The van der Waals surface area contributed by atoms with E-state index in [1.54, 1.807) is 0 Å². The minimum atomic E-state index is 0.269. The number of ether oxygens (including phenoxy) is 1. The van der Waals surface area contributed by atoms with E-state index in [9.17, 15) is 0 Å². The molecule has 1 saturated carbocycles. The number of nitrogens with one attached hydrogen (secondary N) is 1. The van der Waals surface area contributed by atoms with Crippen molar-refractivity contribution in [2.75, 3.05) is 13.7 Å². The zero-order valence-electron chi connectivity index (χ0n) is 12.9. The van der Waals surface area contributed by atoms with Gasteiger partial charge in [-0.05, 0) is 55.5 Å². The lowest BCUT2D eigenvalue weighted by Crippen LogP contribution is -2.35. The molecule has 3 heteroatoms. The van der Waals surface area contributed by atoms with Gasteiger partial charge in [0.15, 0.2) is 0 Å². The van der Waals surface area contributed by atoms with Crippen LogP contribution in [-0.2, 0) is 4.74 Å². The first kappa shape index (κ1) is 14.5. The Balaban J connectivity index is 1.92. The van der Waals surface area contributed by atoms with Crippen molar-refractivity contribution >= 4 is 10.9 Å². The molecule has 0 amide bonds. The van der Waals surface area contributed by atoms with E-state index in [4.69, 9.17) is 4.74 Å². The van der Waals surface area contributed by atoms with Crippen LogP contribution in [0.3, 0.4) is 0 Å². The number of aromatic nitrogens is 1. The Kier molecular flexibility index (Phi) is 4.51. The Labute approximate surface area is 126 Å². The molecule has 2 unspecified atom stereocenters. The van der Waals surface area contributed by atoms with Gasteiger partial charge in [0.25, 0.3) is 0 Å². The van der Waals surface area contributed by atoms with Crippen molar-refractivity contribution in [2.45, 2.75) is 38.3 Å². The number of benzene rings is 1. The molecule has 21 heavy (non-hydrogen) atoms. The third kappa shape index (κ3) is 3.25. The van der Waals surface area contributed by atoms with Crippen LogP contribution in [0.5, 0.6) is 0 Å². The lowest BCUT2D eigenvalue weighted by molar-refractivity contribution is 0.0507. The topological polar surface area (TPSA) is 34.2 Å². The molecular weight excluding hydrogens is 260 g/mol. The molecular formula is C18H24N2O. The Morgan fingerprint density at radius 3 is 2.90 bits per heavy atom. The number of pyridine rings is 1. The van der Waals surface area contributed by atoms with Crippen LogP contribution in [-0.4, -0.2) is 24.7 Å². The third-order valence-electron chi connectivity index (χ3n) is 4.29. The maximum Gasteiger partial charge on any atom is 0.0794 e. The van der Waals surface area contributed by atoms with E-state index in [0.717, 1.165) is 18.5 Å². The summed E-state index contributed by atoms with van der Waals surface area (Å²) in [6.07, 6.45) is 5.82. The first-order chi connectivity index (χ1) is 10.3. The van der Waals surface area contributed by atoms with E-state index >= 15 is 0 Å². The van der Waals surface area contributed by atoms with E-state index in [2.05, 4.69) is 41.5 Å². The minimum Gasteiger partial charge on any atom is -0.379 e. The van der Waals surface area contributed by atoms with Gasteiger partial charge in [-0.3, -0.25) is 4.98 Å². The number of fused-ring (bicyclic) bond motifs is 1. The predicted octanol–water partition coefficient (Wildman–Crippen LogP) is 3.70. The SMILES string of the molecule is CCCNC(c1ccc2ncccc2c1)C(OC)C1CC1. The fraction of sp³-hybridized carbons (Fsp3) is 0.500. The van der Waals surface area contributed by atoms with Crippen LogP contribution < -0.4 is 5.32 Å². The second-order valence-electron chi connectivity index (χ2n) is 5.93. The maximum absolute atomic E-state index is 5.82. The van der Waals surface area contributed by atoms with E-state index in [1.165, 1.54) is 23.8 Å². The smallest absolute Gasteiger partial charge is 0.0794 e. The molecule has 0 saturated heterocycles. The zero-order chi connectivity index (χ0) is 14.7. The number of hydrogen-bond acceptors (Lipinski definition) is 3. The summed E-state index contributed by atoms with van der Waals surface area (Å²) in [7, 11) is 1.84. The second kappa shape index (κ2) is 6.54. The molecule has 1 aliphatic carbocycles. The van der Waals surface area contributed by atoms with Crippen LogP contribution in [0.2, 0.25) is 0 Å². The molecule has 1 heterocycles. The Hall–Kier alpha value is -1.45. The van der Waals surface area contributed by atoms with Gasteiger partial charge in [0.1, 0.15) is 0 Å². The van der Waals surface area contributed by atoms with Gasteiger partial charge in [-0.1, -0.05) is 19.1 Å². The highest BCUT2D eigenvalue weighted by Crippen LogP contribution is 2.40. The van der Waals surface area contributed by atoms with Crippen molar-refractivity contribution in [3.05, 3.63) is 42.1 Å². The van der Waals surface area contributed by atoms with Crippen molar-refractivity contribution in [2.24, 2.45) is 5.92 Å². The molecule has 3 nitrogen and oxygen atoms in total. The maximum atomic E-state index is 5.82. The number of hydrogen-bond donors (Lipinski definition) is 1. The number of methoxy groups -OCH3 is 1. The van der Waals surface area contributed by atoms with Gasteiger partial charge >= 0.3 is 0 Å². The monoisotopic (exact) mass is 284 g/mol. The molecule has 3 rings (SSSR count). The molecule has 0 aliphatic heterocycles. The minimum absolute atomic E-state index is 0.269. The number of nitrogens with zero attached hydrogens (tertiary/aromatic N) is 1. The van der Waals surface area contributed by atoms with Crippen LogP contribution in [0.1, 0.15) is 37.8 Å². The Morgan fingerprint density at radius 1 is 1.33 bits per heavy atom. The first-order valence-corrected chi connectivity index (χ1v) is 7.94. The normalized spacial score (nSPS) is 17.8. The van der Waals surface area contributed by atoms with Gasteiger partial charge in [-0.2, -0.15) is 0 Å². The molecule has 0 bridgehead atoms. The van der Waals surface area contributed by atoms with Gasteiger partial charge in [-0.15, -0.1) is 0 Å². The largest absolute Gasteiger partial charge is 0.379 e. The fourth-order valence-corrected chi connectivity index (χ4v) is 3.04. The fourth-order valence-electron chi connectivity index (χ4n) is 3.04. The molecule has 1 fully saturated rings. The summed E-state index contributed by atoms with van der Waals surface area (Å²) < 4.78 is 5.82. The van der Waals surface area contributed by atoms with Crippen LogP contribution in [0.15, 0.2) is 36.5 Å². The molecule has 0 spiro atoms. The standard InChI is InChI=1S/C18H24N2O/c1-3-10-20-17(18(21-2)13-6-7-13)15-8-9-16-14(12-15)5-4-11-19-16/h4-5,8-9,11-13,17-18,20H,3,6-7,10H2,1-2H3. The average molecular weight is 284 g/mol. The van der Waals surface area contributed by atoms with Crippen molar-refractivity contribution in [1.29, 1.82) is 0 Å². The third-order valence-corrected chi connectivity index (χ3v) is 4.29. The summed E-state index contributed by atoms with van der Waals surface area (Å²) in [4.78, 5) is 4.40. The molecule has 2 atom stereocenters. The van der Waals surface area contributed by atoms with Crippen LogP contribution in [0.25, 0.3) is 10.9 Å². The molecule has 0 radical (unpaired) electrons. The lowest BCUT2D eigenvalue weighted by Gasteiger charge is -2.28. The molecule has 1 aromatic heterocycles. The highest BCUT2D eigenvalue weighted by atomic mass is 16.5. The Morgan fingerprint density at radius 2 is 2.19 bits per heavy atom. The van der Waals surface area contributed by atoms with Crippen LogP contribution >= 0.6 is 0 Å². The summed E-state index contributed by atoms with van der Waals surface area (Å²) in [5.74, 6) is 0.703. The predicted molar refractivity (Wildman–Crippen MR) is 86.3 cm³/mol. The summed E-state index contributed by atoms with van der Waals surface area (Å²) in [6.45, 7) is 3.22. The average Bonchev–Trinajstić information content (AvgIpc) is 3.35. The van der Waals surface area contributed by atoms with Crippen LogP contribution in [0, 0.1) is 5.92 Å². The molecule has 112 valence electrons. The van der Waals surface area contributed by atoms with E-state index < -0.39 is 0 Å². The van der Waals surface area contributed by atoms with Gasteiger partial charge < -0.3 is 10.1 Å². The van der Waals surface area contributed by atoms with Crippen molar-refractivity contribution in [3.8, 4) is 0 Å². The van der Waals surface area contributed by atoms with Crippen molar-refractivity contribution in [3.63, 3.8) is 0 Å². The number of rotatable bonds is 7. The highest BCUT2D eigenvalue weighted by Gasteiger charge is 2.37. The summed E-state index contributed by atoms with van der Waals surface area (Å²) in [5.41, 5.74) is 2.36. The molecule has 1 aromatic carbocycles. The molecule has 1 N–H and O–H groups in total. The van der Waals surface area contributed by atoms with Crippen molar-refractivity contribution < 1.29 is 4.74 Å². The van der Waals surface area contributed by atoms with Gasteiger partial charge in [0.2, 0.25) is 0 Å². The van der Waals surface area contributed by atoms with Crippen molar-refractivity contribution in [1.82, 2.24) is 10.3 Å². The van der Waals surface area contributed by atoms with Crippen LogP contribution in [0.4, 0.5) is 0 Å². The Bertz CT molecular complexity index is 595. The lowest BCUT2D eigenvalue weighted by atomic mass is 9.96. The summed E-state index contributed by atoms with van der Waals surface area (Å²) in [6, 6.07) is 11.0. The summed E-state index contributed by atoms with van der Waals surface area (Å²) in [5, 5.41) is 4.88.